The summed E-state index contributed by atoms with van der Waals surface area (Å²) in [6.07, 6.45) is 2.38. The summed E-state index contributed by atoms with van der Waals surface area (Å²) in [6, 6.07) is 2.70. The number of halogens is 2. The first kappa shape index (κ1) is 10.9. The predicted octanol–water partition coefficient (Wildman–Crippen LogP) is 1.76. The minimum Gasteiger partial charge on any atom is -0.481 e. The van der Waals surface area contributed by atoms with E-state index in [4.69, 9.17) is 5.11 Å². The number of rotatable bonds is 2. The van der Waals surface area contributed by atoms with Gasteiger partial charge in [0, 0.05) is 6.20 Å². The first-order chi connectivity index (χ1) is 6.17. The third-order valence-electron chi connectivity index (χ3n) is 2.37. The summed E-state index contributed by atoms with van der Waals surface area (Å²) < 4.78 is 13.2. The molecule has 0 spiro atoms. The molecule has 1 saturated carbocycles. The first-order valence-corrected chi connectivity index (χ1v) is 4.01. The molecule has 0 radical (unpaired) electrons. The van der Waals surface area contributed by atoms with Crippen molar-refractivity contribution in [2.75, 3.05) is 0 Å². The molecular formula is C9H9ClFNO2. The summed E-state index contributed by atoms with van der Waals surface area (Å²) in [5.74, 6) is -1.51. The van der Waals surface area contributed by atoms with Crippen LogP contribution in [0.2, 0.25) is 0 Å². The van der Waals surface area contributed by atoms with Crippen LogP contribution in [0.5, 0.6) is 0 Å². The summed E-state index contributed by atoms with van der Waals surface area (Å²) in [4.78, 5) is 14.6. The molecule has 2 rings (SSSR count). The Labute approximate surface area is 86.4 Å². The van der Waals surface area contributed by atoms with Gasteiger partial charge in [-0.25, -0.2) is 4.39 Å². The van der Waals surface area contributed by atoms with Gasteiger partial charge in [-0.1, -0.05) is 0 Å². The predicted molar refractivity (Wildman–Crippen MR) is 50.0 cm³/mol. The van der Waals surface area contributed by atoms with E-state index in [1.807, 2.05) is 0 Å². The fourth-order valence-electron chi connectivity index (χ4n) is 1.41. The second-order valence-electron chi connectivity index (χ2n) is 3.22. The molecule has 1 N–H and O–H groups in total. The second kappa shape index (κ2) is 3.53. The molecule has 76 valence electrons. The molecule has 1 fully saturated rings. The van der Waals surface area contributed by atoms with E-state index in [0.717, 1.165) is 0 Å². The van der Waals surface area contributed by atoms with Crippen LogP contribution in [0.3, 0.4) is 0 Å². The SMILES string of the molecule is Cl.O=C(O)C1(c2ncccc2F)CC1. The van der Waals surface area contributed by atoms with E-state index >= 15 is 0 Å². The molecule has 0 saturated heterocycles. The molecule has 1 aliphatic carbocycles. The number of hydrogen-bond acceptors (Lipinski definition) is 2. The van der Waals surface area contributed by atoms with Crippen molar-refractivity contribution in [1.82, 2.24) is 4.98 Å². The molecule has 14 heavy (non-hydrogen) atoms. The summed E-state index contributed by atoms with van der Waals surface area (Å²) in [5, 5.41) is 8.87. The lowest BCUT2D eigenvalue weighted by Gasteiger charge is -2.08. The quantitative estimate of drug-likeness (QED) is 0.821. The van der Waals surface area contributed by atoms with Crippen molar-refractivity contribution in [3.63, 3.8) is 0 Å². The van der Waals surface area contributed by atoms with E-state index in [0.29, 0.717) is 12.8 Å². The Kier molecular flexibility index (Phi) is 2.76. The van der Waals surface area contributed by atoms with Gasteiger partial charge in [-0.05, 0) is 25.0 Å². The first-order valence-electron chi connectivity index (χ1n) is 4.01. The molecule has 0 atom stereocenters. The van der Waals surface area contributed by atoms with E-state index < -0.39 is 17.2 Å². The molecule has 5 heteroatoms. The molecule has 3 nitrogen and oxygen atoms in total. The highest BCUT2D eigenvalue weighted by Crippen LogP contribution is 2.48. The number of carboxylic acids is 1. The zero-order valence-corrected chi connectivity index (χ0v) is 8.05. The summed E-state index contributed by atoms with van der Waals surface area (Å²) >= 11 is 0. The molecule has 0 amide bonds. The second-order valence-corrected chi connectivity index (χ2v) is 3.22. The minimum absolute atomic E-state index is 0. The number of carboxylic acid groups (broad SMARTS) is 1. The minimum atomic E-state index is -1.04. The average Bonchev–Trinajstić information content (AvgIpc) is 2.85. The zero-order valence-electron chi connectivity index (χ0n) is 7.24. The van der Waals surface area contributed by atoms with E-state index in [-0.39, 0.29) is 18.1 Å². The number of hydrogen-bond donors (Lipinski definition) is 1. The maximum atomic E-state index is 13.2. The fourth-order valence-corrected chi connectivity index (χ4v) is 1.41. The summed E-state index contributed by atoms with van der Waals surface area (Å²) in [5.41, 5.74) is -0.965. The Balaban J connectivity index is 0.000000980. The third-order valence-corrected chi connectivity index (χ3v) is 2.37. The number of aliphatic carboxylic acids is 1. The van der Waals surface area contributed by atoms with Gasteiger partial charge in [0.1, 0.15) is 11.2 Å². The van der Waals surface area contributed by atoms with E-state index in [1.165, 1.54) is 18.3 Å². The van der Waals surface area contributed by atoms with E-state index in [2.05, 4.69) is 4.98 Å². The maximum Gasteiger partial charge on any atom is 0.315 e. The van der Waals surface area contributed by atoms with Crippen LogP contribution >= 0.6 is 12.4 Å². The van der Waals surface area contributed by atoms with Crippen LogP contribution in [0.15, 0.2) is 18.3 Å². The largest absolute Gasteiger partial charge is 0.481 e. The third kappa shape index (κ3) is 1.46. The van der Waals surface area contributed by atoms with Crippen molar-refractivity contribution in [1.29, 1.82) is 0 Å². The maximum absolute atomic E-state index is 13.2. The van der Waals surface area contributed by atoms with Crippen LogP contribution in [0.25, 0.3) is 0 Å². The lowest BCUT2D eigenvalue weighted by Crippen LogP contribution is -2.22. The molecule has 0 aromatic carbocycles. The van der Waals surface area contributed by atoms with Gasteiger partial charge in [0.15, 0.2) is 0 Å². The highest BCUT2D eigenvalue weighted by atomic mass is 35.5. The monoisotopic (exact) mass is 217 g/mol. The smallest absolute Gasteiger partial charge is 0.315 e. The molecule has 1 aromatic rings. The van der Waals surface area contributed by atoms with Gasteiger partial charge < -0.3 is 5.11 Å². The lowest BCUT2D eigenvalue weighted by molar-refractivity contribution is -0.140. The van der Waals surface area contributed by atoms with E-state index in [1.54, 1.807) is 0 Å². The van der Waals surface area contributed by atoms with Crippen molar-refractivity contribution in [3.8, 4) is 0 Å². The van der Waals surface area contributed by atoms with Crippen LogP contribution in [-0.2, 0) is 10.2 Å². The number of carbonyl (C=O) groups is 1. The van der Waals surface area contributed by atoms with Gasteiger partial charge >= 0.3 is 5.97 Å². The Morgan fingerprint density at radius 1 is 1.57 bits per heavy atom. The van der Waals surface area contributed by atoms with Crippen molar-refractivity contribution < 1.29 is 14.3 Å². The van der Waals surface area contributed by atoms with Gasteiger partial charge in [0.05, 0.1) is 5.69 Å². The fraction of sp³-hybridized carbons (Fsp3) is 0.333. The standard InChI is InChI=1S/C9H8FNO2.ClH/c10-6-2-1-5-11-7(6)9(3-4-9)8(12)13;/h1-2,5H,3-4H2,(H,12,13);1H. The highest BCUT2D eigenvalue weighted by Gasteiger charge is 2.54. The molecular weight excluding hydrogens is 209 g/mol. The number of aromatic nitrogens is 1. The molecule has 1 aromatic heterocycles. The zero-order chi connectivity index (χ0) is 9.47. The topological polar surface area (TPSA) is 50.2 Å². The van der Waals surface area contributed by atoms with Gasteiger partial charge in [0.25, 0.3) is 0 Å². The van der Waals surface area contributed by atoms with Gasteiger partial charge in [-0.2, -0.15) is 0 Å². The normalized spacial score (nSPS) is 16.9. The molecule has 0 bridgehead atoms. The van der Waals surface area contributed by atoms with Gasteiger partial charge in [-0.15, -0.1) is 12.4 Å². The molecule has 1 heterocycles. The summed E-state index contributed by atoms with van der Waals surface area (Å²) in [6.45, 7) is 0. The highest BCUT2D eigenvalue weighted by molar-refractivity contribution is 5.85. The van der Waals surface area contributed by atoms with Gasteiger partial charge in [-0.3, -0.25) is 9.78 Å². The molecule has 0 aliphatic heterocycles. The van der Waals surface area contributed by atoms with E-state index in [9.17, 15) is 9.18 Å². The average molecular weight is 218 g/mol. The Morgan fingerprint density at radius 2 is 2.21 bits per heavy atom. The van der Waals surface area contributed by atoms with Crippen LogP contribution in [-0.4, -0.2) is 16.1 Å². The lowest BCUT2D eigenvalue weighted by atomic mass is 10.0. The van der Waals surface area contributed by atoms with Crippen LogP contribution in [0.4, 0.5) is 4.39 Å². The Bertz CT molecular complexity index is 366. The van der Waals surface area contributed by atoms with Crippen LogP contribution < -0.4 is 0 Å². The van der Waals surface area contributed by atoms with Crippen LogP contribution in [0.1, 0.15) is 18.5 Å². The van der Waals surface area contributed by atoms with Crippen molar-refractivity contribution in [2.24, 2.45) is 0 Å². The Hall–Kier alpha value is -1.16. The molecule has 0 unspecified atom stereocenters. The van der Waals surface area contributed by atoms with Gasteiger partial charge in [0.2, 0.25) is 0 Å². The van der Waals surface area contributed by atoms with Crippen molar-refractivity contribution in [3.05, 3.63) is 29.8 Å². The Morgan fingerprint density at radius 3 is 2.64 bits per heavy atom. The molecule has 1 aliphatic rings. The number of nitrogens with zero attached hydrogens (tertiary/aromatic N) is 1. The van der Waals surface area contributed by atoms with Crippen molar-refractivity contribution in [2.45, 2.75) is 18.3 Å². The summed E-state index contributed by atoms with van der Waals surface area (Å²) in [7, 11) is 0. The van der Waals surface area contributed by atoms with Crippen molar-refractivity contribution >= 4 is 18.4 Å². The number of pyridine rings is 1. The van der Waals surface area contributed by atoms with Crippen LogP contribution in [0, 0.1) is 5.82 Å².